The molecule has 3 aromatic heterocycles. The van der Waals surface area contributed by atoms with Crippen molar-refractivity contribution in [2.75, 3.05) is 6.54 Å². The Morgan fingerprint density at radius 1 is 1.24 bits per heavy atom. The third-order valence-electron chi connectivity index (χ3n) is 6.43. The zero-order valence-corrected chi connectivity index (χ0v) is 18.8. The standard InChI is InChI=1S/C24H18ClN7O2/c1-30-12-17(18(10-26)29-30)15-4-2-3-5-16(15)21-22(25)31-7-6-13(8-20(31)28-21)24(34)32-11-14-9-19(32)23(33)27-14/h2-8,12,14,19H,9,11H2,1H3,(H,27,33)/t14-,19-/m0/s1. The number of amides is 2. The Morgan fingerprint density at radius 2 is 2.03 bits per heavy atom. The summed E-state index contributed by atoms with van der Waals surface area (Å²) in [5.74, 6) is -0.291. The van der Waals surface area contributed by atoms with E-state index in [0.29, 0.717) is 46.3 Å². The number of likely N-dealkylation sites (tertiary alicyclic amines) is 1. The number of carbonyl (C=O) groups excluding carboxylic acids is 2. The first-order valence-electron chi connectivity index (χ1n) is 10.8. The number of aromatic nitrogens is 4. The van der Waals surface area contributed by atoms with Crippen molar-refractivity contribution in [2.45, 2.75) is 18.5 Å². The minimum Gasteiger partial charge on any atom is -0.350 e. The molecule has 1 N–H and O–H groups in total. The molecule has 2 atom stereocenters. The van der Waals surface area contributed by atoms with E-state index in [-0.39, 0.29) is 17.9 Å². The van der Waals surface area contributed by atoms with E-state index in [1.165, 1.54) is 0 Å². The van der Waals surface area contributed by atoms with E-state index in [2.05, 4.69) is 16.5 Å². The second-order valence-electron chi connectivity index (χ2n) is 8.53. The lowest BCUT2D eigenvalue weighted by Gasteiger charge is -2.26. The fourth-order valence-corrected chi connectivity index (χ4v) is 5.18. The van der Waals surface area contributed by atoms with E-state index in [4.69, 9.17) is 16.6 Å². The van der Waals surface area contributed by atoms with Crippen molar-refractivity contribution in [2.24, 2.45) is 7.05 Å². The van der Waals surface area contributed by atoms with E-state index in [1.807, 2.05) is 24.3 Å². The molecule has 2 aliphatic heterocycles. The summed E-state index contributed by atoms with van der Waals surface area (Å²) in [5, 5.41) is 17.0. The van der Waals surface area contributed by atoms with Crippen LogP contribution in [-0.4, -0.2) is 54.5 Å². The van der Waals surface area contributed by atoms with Gasteiger partial charge in [0.2, 0.25) is 5.91 Å². The smallest absolute Gasteiger partial charge is 0.254 e. The quantitative estimate of drug-likeness (QED) is 0.494. The number of hydrogen-bond acceptors (Lipinski definition) is 5. The first-order valence-corrected chi connectivity index (χ1v) is 11.1. The highest BCUT2D eigenvalue weighted by Crippen LogP contribution is 2.37. The summed E-state index contributed by atoms with van der Waals surface area (Å²) in [5.41, 5.74) is 4.04. The molecule has 2 bridgehead atoms. The molecular formula is C24H18ClN7O2. The Morgan fingerprint density at radius 3 is 2.76 bits per heavy atom. The van der Waals surface area contributed by atoms with Gasteiger partial charge in [-0.2, -0.15) is 10.4 Å². The fraction of sp³-hybridized carbons (Fsp3) is 0.208. The molecule has 0 spiro atoms. The molecule has 34 heavy (non-hydrogen) atoms. The highest BCUT2D eigenvalue weighted by Gasteiger charge is 2.46. The topological polar surface area (TPSA) is 108 Å². The van der Waals surface area contributed by atoms with E-state index >= 15 is 0 Å². The average molecular weight is 472 g/mol. The molecule has 9 nitrogen and oxygen atoms in total. The van der Waals surface area contributed by atoms with Crippen LogP contribution in [0.1, 0.15) is 22.5 Å². The molecular weight excluding hydrogens is 454 g/mol. The summed E-state index contributed by atoms with van der Waals surface area (Å²) in [7, 11) is 1.76. The number of nitrogens with one attached hydrogen (secondary N) is 1. The number of rotatable bonds is 3. The second kappa shape index (κ2) is 7.43. The van der Waals surface area contributed by atoms with Crippen molar-refractivity contribution in [3.8, 4) is 28.5 Å². The minimum atomic E-state index is -0.409. The largest absolute Gasteiger partial charge is 0.350 e. The van der Waals surface area contributed by atoms with Crippen LogP contribution in [0.2, 0.25) is 5.15 Å². The van der Waals surface area contributed by atoms with Crippen molar-refractivity contribution in [3.05, 3.63) is 65.2 Å². The van der Waals surface area contributed by atoms with Gasteiger partial charge in [-0.15, -0.1) is 0 Å². The van der Waals surface area contributed by atoms with Crippen molar-refractivity contribution in [1.82, 2.24) is 29.4 Å². The molecule has 2 amide bonds. The van der Waals surface area contributed by atoms with Gasteiger partial charge in [0.1, 0.15) is 28.6 Å². The van der Waals surface area contributed by atoms with Crippen LogP contribution in [0.25, 0.3) is 28.0 Å². The van der Waals surface area contributed by atoms with Crippen molar-refractivity contribution in [3.63, 3.8) is 0 Å². The van der Waals surface area contributed by atoms with Gasteiger partial charge in [0.25, 0.3) is 5.91 Å². The van der Waals surface area contributed by atoms with Gasteiger partial charge in [-0.1, -0.05) is 35.9 Å². The molecule has 2 aliphatic rings. The molecule has 2 saturated heterocycles. The molecule has 6 rings (SSSR count). The molecule has 5 heterocycles. The summed E-state index contributed by atoms with van der Waals surface area (Å²) in [6.45, 7) is 0.514. The molecule has 0 aliphatic carbocycles. The number of imidazole rings is 1. The number of carbonyl (C=O) groups is 2. The Hall–Kier alpha value is -4.16. The molecule has 1 aromatic carbocycles. The SMILES string of the molecule is Cn1cc(-c2ccccc2-c2nc3cc(C(=O)N4C[C@@H]5C[C@H]4C(=O)N5)ccn3c2Cl)c(C#N)n1. The minimum absolute atomic E-state index is 0.0277. The number of piperazine rings is 1. The number of halogens is 1. The number of pyridine rings is 1. The van der Waals surface area contributed by atoms with Gasteiger partial charge in [-0.05, 0) is 24.1 Å². The Balaban J connectivity index is 1.42. The normalized spacial score (nSPS) is 19.0. The molecule has 0 radical (unpaired) electrons. The van der Waals surface area contributed by atoms with Gasteiger partial charge in [0.15, 0.2) is 5.69 Å². The van der Waals surface area contributed by atoms with Gasteiger partial charge in [-0.25, -0.2) is 4.98 Å². The third kappa shape index (κ3) is 2.99. The average Bonchev–Trinajstić information content (AvgIpc) is 3.60. The zero-order chi connectivity index (χ0) is 23.6. The predicted molar refractivity (Wildman–Crippen MR) is 124 cm³/mol. The van der Waals surface area contributed by atoms with Crippen LogP contribution < -0.4 is 5.32 Å². The number of nitriles is 1. The maximum atomic E-state index is 13.1. The molecule has 0 unspecified atom stereocenters. The lowest BCUT2D eigenvalue weighted by atomic mass is 9.98. The summed E-state index contributed by atoms with van der Waals surface area (Å²) in [6, 6.07) is 12.7. The number of benzene rings is 1. The van der Waals surface area contributed by atoms with Crippen LogP contribution in [0.4, 0.5) is 0 Å². The number of nitrogens with zero attached hydrogens (tertiary/aromatic N) is 6. The highest BCUT2D eigenvalue weighted by molar-refractivity contribution is 6.32. The Kier molecular flexibility index (Phi) is 4.47. The van der Waals surface area contributed by atoms with Crippen LogP contribution in [0.3, 0.4) is 0 Å². The Labute approximate surface area is 199 Å². The zero-order valence-electron chi connectivity index (χ0n) is 18.1. The molecule has 10 heteroatoms. The van der Waals surface area contributed by atoms with Crippen molar-refractivity contribution >= 4 is 29.1 Å². The molecule has 4 aromatic rings. The van der Waals surface area contributed by atoms with Crippen LogP contribution >= 0.6 is 11.6 Å². The first kappa shape index (κ1) is 20.4. The first-order chi connectivity index (χ1) is 16.4. The summed E-state index contributed by atoms with van der Waals surface area (Å²) >= 11 is 6.73. The molecule has 168 valence electrons. The number of hydrogen-bond donors (Lipinski definition) is 1. The van der Waals surface area contributed by atoms with Gasteiger partial charge in [0.05, 0.1) is 0 Å². The number of fused-ring (bicyclic) bond motifs is 3. The monoisotopic (exact) mass is 471 g/mol. The lowest BCUT2D eigenvalue weighted by Crippen LogP contribution is -2.50. The van der Waals surface area contributed by atoms with Gasteiger partial charge in [-0.3, -0.25) is 18.7 Å². The highest BCUT2D eigenvalue weighted by atomic mass is 35.5. The maximum absolute atomic E-state index is 13.1. The predicted octanol–water partition coefficient (Wildman–Crippen LogP) is 2.64. The van der Waals surface area contributed by atoms with Gasteiger partial charge >= 0.3 is 0 Å². The van der Waals surface area contributed by atoms with Crippen LogP contribution in [-0.2, 0) is 11.8 Å². The summed E-state index contributed by atoms with van der Waals surface area (Å²) < 4.78 is 3.31. The van der Waals surface area contributed by atoms with Crippen LogP contribution in [0.15, 0.2) is 48.8 Å². The van der Waals surface area contributed by atoms with Crippen molar-refractivity contribution < 1.29 is 9.59 Å². The maximum Gasteiger partial charge on any atom is 0.254 e. The molecule has 0 saturated carbocycles. The van der Waals surface area contributed by atoms with Gasteiger partial charge < -0.3 is 10.2 Å². The van der Waals surface area contributed by atoms with E-state index in [9.17, 15) is 14.9 Å². The van der Waals surface area contributed by atoms with Crippen LogP contribution in [0.5, 0.6) is 0 Å². The molecule has 2 fully saturated rings. The lowest BCUT2D eigenvalue weighted by molar-refractivity contribution is -0.124. The fourth-order valence-electron chi connectivity index (χ4n) is 4.89. The third-order valence-corrected chi connectivity index (χ3v) is 6.79. The second-order valence-corrected chi connectivity index (χ2v) is 8.89. The van der Waals surface area contributed by atoms with Gasteiger partial charge in [0, 0.05) is 48.7 Å². The van der Waals surface area contributed by atoms with E-state index < -0.39 is 6.04 Å². The number of aryl methyl sites for hydroxylation is 1. The summed E-state index contributed by atoms with van der Waals surface area (Å²) in [6.07, 6.45) is 4.16. The van der Waals surface area contributed by atoms with E-state index in [1.54, 1.807) is 45.6 Å². The summed E-state index contributed by atoms with van der Waals surface area (Å²) in [4.78, 5) is 31.5. The Bertz CT molecular complexity index is 1550. The van der Waals surface area contributed by atoms with Crippen molar-refractivity contribution in [1.29, 1.82) is 5.26 Å². The van der Waals surface area contributed by atoms with E-state index in [0.717, 1.165) is 11.1 Å². The van der Waals surface area contributed by atoms with Crippen LogP contribution in [0, 0.1) is 11.3 Å².